The fourth-order valence-electron chi connectivity index (χ4n) is 6.30. The molecule has 6 aromatic carbocycles. The summed E-state index contributed by atoms with van der Waals surface area (Å²) in [7, 11) is 0. The van der Waals surface area contributed by atoms with Gasteiger partial charge in [-0.25, -0.2) is 4.98 Å². The molecular formula is C39H24N4O. The molecule has 5 heteroatoms. The molecule has 0 aliphatic rings. The number of benzene rings is 6. The van der Waals surface area contributed by atoms with Crippen LogP contribution in [0, 0.1) is 0 Å². The molecule has 0 saturated carbocycles. The van der Waals surface area contributed by atoms with Crippen molar-refractivity contribution in [2.75, 3.05) is 0 Å². The lowest BCUT2D eigenvalue weighted by Crippen LogP contribution is -2.06. The van der Waals surface area contributed by atoms with Crippen LogP contribution < -0.4 is 0 Å². The van der Waals surface area contributed by atoms with Crippen LogP contribution in [-0.4, -0.2) is 19.5 Å². The molecule has 0 amide bonds. The highest BCUT2D eigenvalue weighted by Gasteiger charge is 2.22. The first-order valence-electron chi connectivity index (χ1n) is 14.6. The Morgan fingerprint density at radius 3 is 1.73 bits per heavy atom. The van der Waals surface area contributed by atoms with Gasteiger partial charge < -0.3 is 4.42 Å². The fourth-order valence-corrected chi connectivity index (χ4v) is 6.30. The molecule has 0 fully saturated rings. The van der Waals surface area contributed by atoms with Gasteiger partial charge >= 0.3 is 0 Å². The Balaban J connectivity index is 1.40. The minimum atomic E-state index is 0.563. The van der Waals surface area contributed by atoms with Crippen LogP contribution in [0.2, 0.25) is 0 Å². The van der Waals surface area contributed by atoms with Crippen molar-refractivity contribution in [3.05, 3.63) is 146 Å². The summed E-state index contributed by atoms with van der Waals surface area (Å²) in [5.41, 5.74) is 7.72. The van der Waals surface area contributed by atoms with Crippen molar-refractivity contribution < 1.29 is 4.42 Å². The predicted molar refractivity (Wildman–Crippen MR) is 178 cm³/mol. The molecule has 3 heterocycles. The van der Waals surface area contributed by atoms with Crippen LogP contribution in [0.4, 0.5) is 0 Å². The first kappa shape index (κ1) is 24.5. The summed E-state index contributed by atoms with van der Waals surface area (Å²) < 4.78 is 8.69. The zero-order valence-electron chi connectivity index (χ0n) is 23.6. The van der Waals surface area contributed by atoms with E-state index in [9.17, 15) is 0 Å². The largest absolute Gasteiger partial charge is 0.455 e. The molecule has 0 N–H and O–H groups in total. The van der Waals surface area contributed by atoms with E-state index in [0.717, 1.165) is 66.0 Å². The summed E-state index contributed by atoms with van der Waals surface area (Å²) >= 11 is 0. The maximum absolute atomic E-state index is 6.51. The third kappa shape index (κ3) is 3.76. The Morgan fingerprint density at radius 1 is 0.432 bits per heavy atom. The summed E-state index contributed by atoms with van der Waals surface area (Å²) in [5, 5.41) is 4.45. The van der Waals surface area contributed by atoms with Crippen LogP contribution in [0.15, 0.2) is 150 Å². The van der Waals surface area contributed by atoms with Crippen molar-refractivity contribution in [1.29, 1.82) is 0 Å². The van der Waals surface area contributed by atoms with Crippen LogP contribution >= 0.6 is 0 Å². The number of hydrogen-bond acceptors (Lipinski definition) is 4. The number of furan rings is 1. The van der Waals surface area contributed by atoms with Crippen molar-refractivity contribution in [3.63, 3.8) is 0 Å². The van der Waals surface area contributed by atoms with Gasteiger partial charge in [-0.05, 0) is 12.1 Å². The van der Waals surface area contributed by atoms with Gasteiger partial charge in [-0.3, -0.25) is 4.57 Å². The van der Waals surface area contributed by atoms with Gasteiger partial charge in [-0.2, -0.15) is 9.97 Å². The average Bonchev–Trinajstić information content (AvgIpc) is 3.65. The van der Waals surface area contributed by atoms with Gasteiger partial charge in [0, 0.05) is 43.8 Å². The minimum absolute atomic E-state index is 0.563. The highest BCUT2D eigenvalue weighted by Crippen LogP contribution is 2.42. The molecule has 9 aromatic rings. The Kier molecular flexibility index (Phi) is 5.43. The second-order valence-electron chi connectivity index (χ2n) is 10.8. The summed E-state index contributed by atoms with van der Waals surface area (Å²) in [5.74, 6) is 1.81. The molecule has 0 saturated heterocycles. The van der Waals surface area contributed by atoms with E-state index in [1.807, 2.05) is 72.8 Å². The number of para-hydroxylation sites is 4. The lowest BCUT2D eigenvalue weighted by atomic mass is 9.99. The molecule has 0 bridgehead atoms. The SMILES string of the molecule is c1ccc(-c2nc(-c3ccccc3)nc(-n3c4ccccc4c4cccc(-c5cccc6c5oc5ccccc56)c43)n2)cc1. The van der Waals surface area contributed by atoms with Crippen LogP contribution in [0.25, 0.3) is 83.6 Å². The maximum atomic E-state index is 6.51. The summed E-state index contributed by atoms with van der Waals surface area (Å²) in [6.07, 6.45) is 0. The Bertz CT molecular complexity index is 2440. The first-order chi connectivity index (χ1) is 21.8. The van der Waals surface area contributed by atoms with E-state index in [0.29, 0.717) is 17.6 Å². The molecule has 0 radical (unpaired) electrons. The van der Waals surface area contributed by atoms with Gasteiger partial charge in [0.1, 0.15) is 11.2 Å². The van der Waals surface area contributed by atoms with E-state index in [1.54, 1.807) is 0 Å². The average molecular weight is 565 g/mol. The Labute approximate surface area is 252 Å². The first-order valence-corrected chi connectivity index (χ1v) is 14.6. The number of nitrogens with zero attached hydrogens (tertiary/aromatic N) is 4. The quantitative estimate of drug-likeness (QED) is 0.213. The maximum Gasteiger partial charge on any atom is 0.238 e. The summed E-state index contributed by atoms with van der Waals surface area (Å²) in [6, 6.07) is 49.7. The van der Waals surface area contributed by atoms with Gasteiger partial charge in [0.2, 0.25) is 5.95 Å². The van der Waals surface area contributed by atoms with E-state index in [1.165, 1.54) is 0 Å². The number of hydrogen-bond donors (Lipinski definition) is 0. The summed E-state index contributed by atoms with van der Waals surface area (Å²) in [4.78, 5) is 15.2. The van der Waals surface area contributed by atoms with Crippen molar-refractivity contribution >= 4 is 43.7 Å². The lowest BCUT2D eigenvalue weighted by Gasteiger charge is -2.13. The van der Waals surface area contributed by atoms with Crippen molar-refractivity contribution in [2.45, 2.75) is 0 Å². The van der Waals surface area contributed by atoms with Crippen LogP contribution in [0.5, 0.6) is 0 Å². The molecule has 9 rings (SSSR count). The molecular weight excluding hydrogens is 540 g/mol. The molecule has 206 valence electrons. The van der Waals surface area contributed by atoms with Crippen molar-refractivity contribution in [3.8, 4) is 39.9 Å². The lowest BCUT2D eigenvalue weighted by molar-refractivity contribution is 0.670. The van der Waals surface area contributed by atoms with E-state index in [4.69, 9.17) is 19.4 Å². The second-order valence-corrected chi connectivity index (χ2v) is 10.8. The minimum Gasteiger partial charge on any atom is -0.455 e. The van der Waals surface area contributed by atoms with Gasteiger partial charge in [0.05, 0.1) is 11.0 Å². The molecule has 0 spiro atoms. The Hall–Kier alpha value is -6.07. The highest BCUT2D eigenvalue weighted by molar-refractivity contribution is 6.17. The normalized spacial score (nSPS) is 11.6. The van der Waals surface area contributed by atoms with Gasteiger partial charge in [0.15, 0.2) is 11.6 Å². The van der Waals surface area contributed by atoms with E-state index >= 15 is 0 Å². The molecule has 44 heavy (non-hydrogen) atoms. The van der Waals surface area contributed by atoms with Gasteiger partial charge in [-0.1, -0.05) is 133 Å². The zero-order valence-corrected chi connectivity index (χ0v) is 23.6. The molecule has 0 aliphatic heterocycles. The smallest absolute Gasteiger partial charge is 0.238 e. The van der Waals surface area contributed by atoms with E-state index in [-0.39, 0.29) is 0 Å². The monoisotopic (exact) mass is 564 g/mol. The van der Waals surface area contributed by atoms with Gasteiger partial charge in [0.25, 0.3) is 0 Å². The van der Waals surface area contributed by atoms with Gasteiger partial charge in [-0.15, -0.1) is 0 Å². The zero-order chi connectivity index (χ0) is 29.0. The second kappa shape index (κ2) is 9.75. The topological polar surface area (TPSA) is 56.7 Å². The molecule has 0 atom stereocenters. The van der Waals surface area contributed by atoms with E-state index in [2.05, 4.69) is 77.4 Å². The number of rotatable bonds is 4. The number of aromatic nitrogens is 4. The Morgan fingerprint density at radius 2 is 1.00 bits per heavy atom. The molecule has 0 aliphatic carbocycles. The van der Waals surface area contributed by atoms with Crippen LogP contribution in [0.3, 0.4) is 0 Å². The number of fused-ring (bicyclic) bond motifs is 6. The third-order valence-electron chi connectivity index (χ3n) is 8.28. The highest BCUT2D eigenvalue weighted by atomic mass is 16.3. The fraction of sp³-hybridized carbons (Fsp3) is 0. The third-order valence-corrected chi connectivity index (χ3v) is 8.28. The van der Waals surface area contributed by atoms with Crippen LogP contribution in [0.1, 0.15) is 0 Å². The summed E-state index contributed by atoms with van der Waals surface area (Å²) in [6.45, 7) is 0. The van der Waals surface area contributed by atoms with Crippen molar-refractivity contribution in [1.82, 2.24) is 19.5 Å². The predicted octanol–water partition coefficient (Wildman–Crippen LogP) is 9.87. The molecule has 5 nitrogen and oxygen atoms in total. The van der Waals surface area contributed by atoms with E-state index < -0.39 is 0 Å². The van der Waals surface area contributed by atoms with Crippen molar-refractivity contribution in [2.24, 2.45) is 0 Å². The van der Waals surface area contributed by atoms with Crippen LogP contribution in [-0.2, 0) is 0 Å². The molecule has 3 aromatic heterocycles. The standard InChI is InChI=1S/C39H24N4O/c1-3-13-25(14-4-1)37-40-38(26-15-5-2-6-16-26)42-39(41-37)43-33-23-9-7-17-27(33)29-19-11-20-30(35(29)43)32-22-12-21-31-28-18-8-10-24-34(28)44-36(31)32/h1-24H. The molecule has 0 unspecified atom stereocenters.